The summed E-state index contributed by atoms with van der Waals surface area (Å²) in [6, 6.07) is 13.1. The number of nitrogens with zero attached hydrogens (tertiary/aromatic N) is 3. The lowest BCUT2D eigenvalue weighted by atomic mass is 10.1. The second-order valence-electron chi connectivity index (χ2n) is 6.44. The van der Waals surface area contributed by atoms with Crippen LogP contribution in [0.15, 0.2) is 48.5 Å². The molecule has 9 nitrogen and oxygen atoms in total. The summed E-state index contributed by atoms with van der Waals surface area (Å²) in [6.45, 7) is 1.61. The van der Waals surface area contributed by atoms with Crippen LogP contribution < -0.4 is 5.73 Å². The van der Waals surface area contributed by atoms with Gasteiger partial charge in [-0.05, 0) is 24.6 Å². The number of amides is 1. The van der Waals surface area contributed by atoms with E-state index in [0.717, 1.165) is 11.6 Å². The number of nitrogens with two attached hydrogens (primary N) is 1. The first-order valence-electron chi connectivity index (χ1n) is 8.79. The fourth-order valence-electron chi connectivity index (χ4n) is 2.87. The van der Waals surface area contributed by atoms with Gasteiger partial charge in [-0.25, -0.2) is 9.48 Å². The van der Waals surface area contributed by atoms with Gasteiger partial charge in [-0.1, -0.05) is 41.9 Å². The van der Waals surface area contributed by atoms with Gasteiger partial charge in [-0.3, -0.25) is 14.9 Å². The topological polar surface area (TPSA) is 130 Å². The van der Waals surface area contributed by atoms with E-state index in [1.54, 1.807) is 6.92 Å². The van der Waals surface area contributed by atoms with Gasteiger partial charge >= 0.3 is 5.97 Å². The van der Waals surface area contributed by atoms with Gasteiger partial charge < -0.3 is 10.5 Å². The van der Waals surface area contributed by atoms with Gasteiger partial charge in [0, 0.05) is 11.6 Å². The van der Waals surface area contributed by atoms with Gasteiger partial charge in [0.1, 0.15) is 17.3 Å². The van der Waals surface area contributed by atoms with E-state index in [9.17, 15) is 19.7 Å². The van der Waals surface area contributed by atoms with Crippen LogP contribution in [0.4, 0.5) is 5.69 Å². The molecule has 1 amide bonds. The van der Waals surface area contributed by atoms with Crippen molar-refractivity contribution in [1.29, 1.82) is 0 Å². The molecule has 0 aliphatic heterocycles. The molecular formula is C20H17ClN4O5. The van der Waals surface area contributed by atoms with Gasteiger partial charge in [-0.2, -0.15) is 5.10 Å². The van der Waals surface area contributed by atoms with E-state index in [2.05, 4.69) is 5.10 Å². The quantitative estimate of drug-likeness (QED) is 0.349. The molecule has 0 saturated carbocycles. The first-order valence-corrected chi connectivity index (χ1v) is 9.16. The predicted octanol–water partition coefficient (Wildman–Crippen LogP) is 3.26. The highest BCUT2D eigenvalue weighted by atomic mass is 35.5. The molecule has 0 atom stereocenters. The lowest BCUT2D eigenvalue weighted by molar-refractivity contribution is -0.385. The Labute approximate surface area is 176 Å². The molecule has 0 unspecified atom stereocenters. The third-order valence-electron chi connectivity index (χ3n) is 4.37. The first-order chi connectivity index (χ1) is 14.3. The Morgan fingerprint density at radius 3 is 2.57 bits per heavy atom. The van der Waals surface area contributed by atoms with Crippen LogP contribution in [0.3, 0.4) is 0 Å². The minimum atomic E-state index is -0.796. The zero-order valence-electron chi connectivity index (χ0n) is 15.9. The highest BCUT2D eigenvalue weighted by molar-refractivity contribution is 6.32. The van der Waals surface area contributed by atoms with Crippen molar-refractivity contribution in [3.63, 3.8) is 0 Å². The van der Waals surface area contributed by atoms with Crippen LogP contribution in [-0.4, -0.2) is 26.6 Å². The number of nitro groups is 1. The number of aryl methyl sites for hydroxylation is 1. The lowest BCUT2D eigenvalue weighted by Crippen LogP contribution is -2.12. The number of nitro benzene ring substituents is 1. The van der Waals surface area contributed by atoms with Crippen molar-refractivity contribution in [2.45, 2.75) is 20.1 Å². The lowest BCUT2D eigenvalue weighted by Gasteiger charge is -2.07. The standard InChI is InChI=1S/C20H17ClN4O5/c1-12-17(18(21)24(23-12)10-13-5-3-2-4-6-13)20(27)30-11-15-8-7-14(19(22)26)9-16(15)25(28)29/h2-9H,10-11H2,1H3,(H2,22,26). The number of benzene rings is 2. The molecule has 0 saturated heterocycles. The summed E-state index contributed by atoms with van der Waals surface area (Å²) in [4.78, 5) is 34.4. The number of carbonyl (C=O) groups excluding carboxylic acids is 2. The normalized spacial score (nSPS) is 10.6. The Bertz CT molecular complexity index is 1130. The van der Waals surface area contributed by atoms with E-state index in [0.29, 0.717) is 12.2 Å². The number of hydrogen-bond acceptors (Lipinski definition) is 6. The number of halogens is 1. The molecule has 1 aromatic heterocycles. The van der Waals surface area contributed by atoms with E-state index in [1.807, 2.05) is 30.3 Å². The number of rotatable bonds is 7. The Hall–Kier alpha value is -3.72. The molecule has 1 heterocycles. The molecule has 0 bridgehead atoms. The molecule has 3 aromatic rings. The molecular weight excluding hydrogens is 412 g/mol. The average molecular weight is 429 g/mol. The fourth-order valence-corrected chi connectivity index (χ4v) is 3.18. The summed E-state index contributed by atoms with van der Waals surface area (Å²) in [5, 5.41) is 15.7. The second kappa shape index (κ2) is 8.75. The third-order valence-corrected chi connectivity index (χ3v) is 4.75. The van der Waals surface area contributed by atoms with Crippen molar-refractivity contribution in [2.24, 2.45) is 5.73 Å². The molecule has 10 heteroatoms. The summed E-state index contributed by atoms with van der Waals surface area (Å²) in [7, 11) is 0. The fraction of sp³-hybridized carbons (Fsp3) is 0.150. The Kier molecular flexibility index (Phi) is 6.12. The number of hydrogen-bond donors (Lipinski definition) is 1. The highest BCUT2D eigenvalue weighted by Gasteiger charge is 2.23. The Morgan fingerprint density at radius 2 is 1.93 bits per heavy atom. The van der Waals surface area contributed by atoms with E-state index in [4.69, 9.17) is 22.1 Å². The minimum absolute atomic E-state index is 0.0159. The predicted molar refractivity (Wildman–Crippen MR) is 108 cm³/mol. The second-order valence-corrected chi connectivity index (χ2v) is 6.79. The maximum atomic E-state index is 12.6. The van der Waals surface area contributed by atoms with Gasteiger partial charge in [-0.15, -0.1) is 0 Å². The SMILES string of the molecule is Cc1nn(Cc2ccccc2)c(Cl)c1C(=O)OCc1ccc(C(N)=O)cc1[N+](=O)[O-]. The van der Waals surface area contributed by atoms with Crippen molar-refractivity contribution >= 4 is 29.2 Å². The van der Waals surface area contributed by atoms with E-state index in [-0.39, 0.29) is 34.1 Å². The zero-order valence-corrected chi connectivity index (χ0v) is 16.6. The molecule has 2 aromatic carbocycles. The maximum absolute atomic E-state index is 12.6. The average Bonchev–Trinajstić information content (AvgIpc) is 2.99. The van der Waals surface area contributed by atoms with Crippen LogP contribution >= 0.6 is 11.6 Å². The van der Waals surface area contributed by atoms with Gasteiger partial charge in [0.25, 0.3) is 5.69 Å². The molecule has 154 valence electrons. The van der Waals surface area contributed by atoms with E-state index < -0.39 is 16.8 Å². The number of aromatic nitrogens is 2. The summed E-state index contributed by atoms with van der Waals surface area (Å²) < 4.78 is 6.71. The van der Waals surface area contributed by atoms with Crippen molar-refractivity contribution in [1.82, 2.24) is 9.78 Å². The van der Waals surface area contributed by atoms with Crippen LogP contribution in [0, 0.1) is 17.0 Å². The van der Waals surface area contributed by atoms with Crippen molar-refractivity contribution in [3.05, 3.63) is 91.7 Å². The maximum Gasteiger partial charge on any atom is 0.343 e. The molecule has 0 spiro atoms. The number of esters is 1. The van der Waals surface area contributed by atoms with Crippen molar-refractivity contribution < 1.29 is 19.2 Å². The molecule has 0 radical (unpaired) electrons. The summed E-state index contributed by atoms with van der Waals surface area (Å²) in [5.41, 5.74) is 6.29. The van der Waals surface area contributed by atoms with Gasteiger partial charge in [0.05, 0.1) is 22.7 Å². The van der Waals surface area contributed by atoms with Crippen LogP contribution in [0.5, 0.6) is 0 Å². The molecule has 2 N–H and O–H groups in total. The van der Waals surface area contributed by atoms with Crippen molar-refractivity contribution in [2.75, 3.05) is 0 Å². The Balaban J connectivity index is 1.79. The molecule has 3 rings (SSSR count). The number of carbonyl (C=O) groups is 2. The summed E-state index contributed by atoms with van der Waals surface area (Å²) in [5.74, 6) is -1.56. The van der Waals surface area contributed by atoms with Crippen LogP contribution in [0.25, 0.3) is 0 Å². The number of ether oxygens (including phenoxy) is 1. The van der Waals surface area contributed by atoms with E-state index in [1.165, 1.54) is 16.8 Å². The highest BCUT2D eigenvalue weighted by Crippen LogP contribution is 2.25. The van der Waals surface area contributed by atoms with Crippen LogP contribution in [0.2, 0.25) is 5.15 Å². The largest absolute Gasteiger partial charge is 0.457 e. The van der Waals surface area contributed by atoms with Gasteiger partial charge in [0.15, 0.2) is 0 Å². The van der Waals surface area contributed by atoms with Gasteiger partial charge in [0.2, 0.25) is 5.91 Å². The monoisotopic (exact) mass is 428 g/mol. The number of primary amides is 1. The van der Waals surface area contributed by atoms with Crippen LogP contribution in [0.1, 0.15) is 37.5 Å². The molecule has 30 heavy (non-hydrogen) atoms. The first kappa shape index (κ1) is 21.0. The smallest absolute Gasteiger partial charge is 0.343 e. The van der Waals surface area contributed by atoms with Crippen LogP contribution in [-0.2, 0) is 17.9 Å². The molecule has 0 aliphatic rings. The Morgan fingerprint density at radius 1 is 1.23 bits per heavy atom. The molecule has 0 fully saturated rings. The summed E-state index contributed by atoms with van der Waals surface area (Å²) >= 11 is 6.33. The van der Waals surface area contributed by atoms with E-state index >= 15 is 0 Å². The molecule has 0 aliphatic carbocycles. The minimum Gasteiger partial charge on any atom is -0.457 e. The van der Waals surface area contributed by atoms with Crippen molar-refractivity contribution in [3.8, 4) is 0 Å². The summed E-state index contributed by atoms with van der Waals surface area (Å²) in [6.07, 6.45) is 0. The third kappa shape index (κ3) is 4.47. The zero-order chi connectivity index (χ0) is 21.8.